The van der Waals surface area contributed by atoms with Gasteiger partial charge in [-0.3, -0.25) is 0 Å². The number of hydrogen-bond donors (Lipinski definition) is 3. The van der Waals surface area contributed by atoms with E-state index in [1.807, 2.05) is 0 Å². The molecule has 0 aliphatic carbocycles. The van der Waals surface area contributed by atoms with Crippen molar-refractivity contribution in [3.8, 4) is 0 Å². The average Bonchev–Trinajstić information content (AvgIpc) is 3.07. The monoisotopic (exact) mass is 365 g/mol. The molecule has 0 radical (unpaired) electrons. The Kier molecular flexibility index (Phi) is 7.90. The summed E-state index contributed by atoms with van der Waals surface area (Å²) < 4.78 is 5.79. The van der Waals surface area contributed by atoms with Crippen LogP contribution in [0, 0.1) is 0 Å². The summed E-state index contributed by atoms with van der Waals surface area (Å²) in [5.41, 5.74) is -0.0395. The number of aromatic nitrogens is 1. The minimum Gasteiger partial charge on any atom is -0.443 e. The third-order valence-electron chi connectivity index (χ3n) is 4.51. The summed E-state index contributed by atoms with van der Waals surface area (Å²) in [6.07, 6.45) is 4.52. The fourth-order valence-corrected chi connectivity index (χ4v) is 2.87. The minimum absolute atomic E-state index is 0.0395. The first-order valence-corrected chi connectivity index (χ1v) is 9.76. The van der Waals surface area contributed by atoms with E-state index in [0.29, 0.717) is 12.4 Å². The van der Waals surface area contributed by atoms with Crippen molar-refractivity contribution in [2.45, 2.75) is 65.0 Å². The lowest BCUT2D eigenvalue weighted by atomic mass is 9.94. The first-order chi connectivity index (χ1) is 12.4. The number of aliphatic hydroxyl groups excluding tert-OH is 1. The Morgan fingerprint density at radius 3 is 2.69 bits per heavy atom. The molecular formula is C19H35N5O2. The number of nitrogens with one attached hydrogen (secondary N) is 2. The number of guanidine groups is 1. The van der Waals surface area contributed by atoms with E-state index in [2.05, 4.69) is 53.2 Å². The van der Waals surface area contributed by atoms with Gasteiger partial charge in [0.1, 0.15) is 12.3 Å². The molecule has 0 unspecified atom stereocenters. The zero-order chi connectivity index (χ0) is 19.0. The third kappa shape index (κ3) is 6.96. The molecule has 0 atom stereocenters. The van der Waals surface area contributed by atoms with E-state index in [0.717, 1.165) is 63.7 Å². The maximum Gasteiger partial charge on any atom is 0.216 e. The second-order valence-electron chi connectivity index (χ2n) is 7.92. The molecular weight excluding hydrogens is 330 g/mol. The Morgan fingerprint density at radius 1 is 1.35 bits per heavy atom. The Balaban J connectivity index is 1.74. The van der Waals surface area contributed by atoms with Gasteiger partial charge in [-0.2, -0.15) is 0 Å². The predicted molar refractivity (Wildman–Crippen MR) is 104 cm³/mol. The van der Waals surface area contributed by atoms with E-state index >= 15 is 0 Å². The molecule has 148 valence electrons. The third-order valence-corrected chi connectivity index (χ3v) is 4.51. The first kappa shape index (κ1) is 20.7. The van der Waals surface area contributed by atoms with E-state index in [1.165, 1.54) is 0 Å². The molecule has 0 spiro atoms. The molecule has 3 N–H and O–H groups in total. The van der Waals surface area contributed by atoms with Crippen molar-refractivity contribution in [2.24, 2.45) is 4.99 Å². The van der Waals surface area contributed by atoms with Crippen molar-refractivity contribution in [2.75, 3.05) is 32.7 Å². The molecule has 1 aliphatic heterocycles. The fraction of sp³-hybridized carbons (Fsp3) is 0.789. The molecule has 2 rings (SSSR count). The molecule has 1 fully saturated rings. The lowest BCUT2D eigenvalue weighted by Crippen LogP contribution is -2.40. The highest BCUT2D eigenvalue weighted by atomic mass is 16.4. The van der Waals surface area contributed by atoms with Gasteiger partial charge < -0.3 is 25.1 Å². The predicted octanol–water partition coefficient (Wildman–Crippen LogP) is 1.87. The maximum atomic E-state index is 9.55. The first-order valence-electron chi connectivity index (χ1n) is 9.76. The van der Waals surface area contributed by atoms with E-state index in [4.69, 9.17) is 4.42 Å². The van der Waals surface area contributed by atoms with Gasteiger partial charge in [-0.1, -0.05) is 20.8 Å². The summed E-state index contributed by atoms with van der Waals surface area (Å²) in [4.78, 5) is 11.3. The molecule has 7 heteroatoms. The summed E-state index contributed by atoms with van der Waals surface area (Å²) in [6, 6.07) is 0. The molecule has 1 saturated heterocycles. The number of likely N-dealkylation sites (tertiary alicyclic amines) is 1. The number of aliphatic imine (C=N–C) groups is 1. The molecule has 1 aliphatic rings. The smallest absolute Gasteiger partial charge is 0.216 e. The fourth-order valence-electron chi connectivity index (χ4n) is 2.87. The van der Waals surface area contributed by atoms with Crippen LogP contribution in [0.15, 0.2) is 15.6 Å². The SMILES string of the molecule is CCNC(=NCc1ncc(C(C)(C)C)o1)NCCCN1CCC(O)CC1. The second-order valence-corrected chi connectivity index (χ2v) is 7.92. The molecule has 26 heavy (non-hydrogen) atoms. The largest absolute Gasteiger partial charge is 0.443 e. The Morgan fingerprint density at radius 2 is 2.08 bits per heavy atom. The average molecular weight is 366 g/mol. The number of rotatable bonds is 7. The highest BCUT2D eigenvalue weighted by molar-refractivity contribution is 5.79. The molecule has 0 saturated carbocycles. The van der Waals surface area contributed by atoms with E-state index in [9.17, 15) is 5.11 Å². The van der Waals surface area contributed by atoms with Crippen LogP contribution in [0.1, 0.15) is 58.6 Å². The summed E-state index contributed by atoms with van der Waals surface area (Å²) in [5, 5.41) is 16.2. The van der Waals surface area contributed by atoms with Crippen molar-refractivity contribution < 1.29 is 9.52 Å². The van der Waals surface area contributed by atoms with Crippen molar-refractivity contribution in [1.82, 2.24) is 20.5 Å². The topological polar surface area (TPSA) is 85.9 Å². The summed E-state index contributed by atoms with van der Waals surface area (Å²) in [7, 11) is 0. The lowest BCUT2D eigenvalue weighted by Gasteiger charge is -2.29. The van der Waals surface area contributed by atoms with Gasteiger partial charge in [0, 0.05) is 31.6 Å². The van der Waals surface area contributed by atoms with Gasteiger partial charge in [0.15, 0.2) is 5.96 Å². The molecule has 0 bridgehead atoms. The quantitative estimate of drug-likeness (QED) is 0.389. The van der Waals surface area contributed by atoms with E-state index in [1.54, 1.807) is 6.20 Å². The highest BCUT2D eigenvalue weighted by Gasteiger charge is 2.19. The highest BCUT2D eigenvalue weighted by Crippen LogP contribution is 2.22. The van der Waals surface area contributed by atoms with Crippen molar-refractivity contribution in [3.05, 3.63) is 17.8 Å². The van der Waals surface area contributed by atoms with Crippen LogP contribution in [0.2, 0.25) is 0 Å². The second kappa shape index (κ2) is 9.92. The van der Waals surface area contributed by atoms with Crippen LogP contribution in [0.3, 0.4) is 0 Å². The van der Waals surface area contributed by atoms with Crippen LogP contribution in [0.4, 0.5) is 0 Å². The van der Waals surface area contributed by atoms with Gasteiger partial charge in [-0.25, -0.2) is 9.98 Å². The van der Waals surface area contributed by atoms with Crippen LogP contribution in [0.5, 0.6) is 0 Å². The van der Waals surface area contributed by atoms with Crippen molar-refractivity contribution in [3.63, 3.8) is 0 Å². The van der Waals surface area contributed by atoms with Gasteiger partial charge in [-0.15, -0.1) is 0 Å². The van der Waals surface area contributed by atoms with Gasteiger partial charge >= 0.3 is 0 Å². The van der Waals surface area contributed by atoms with E-state index in [-0.39, 0.29) is 11.5 Å². The Bertz CT molecular complexity index is 557. The minimum atomic E-state index is -0.106. The van der Waals surface area contributed by atoms with Crippen molar-refractivity contribution in [1.29, 1.82) is 0 Å². The summed E-state index contributed by atoms with van der Waals surface area (Å²) >= 11 is 0. The molecule has 0 aromatic carbocycles. The van der Waals surface area contributed by atoms with Gasteiger partial charge in [-0.05, 0) is 32.7 Å². The number of nitrogens with zero attached hydrogens (tertiary/aromatic N) is 3. The number of hydrogen-bond acceptors (Lipinski definition) is 5. The number of piperidine rings is 1. The molecule has 2 heterocycles. The summed E-state index contributed by atoms with van der Waals surface area (Å²) in [5.74, 6) is 2.31. The number of aliphatic hydroxyl groups is 1. The molecule has 7 nitrogen and oxygen atoms in total. The zero-order valence-corrected chi connectivity index (χ0v) is 16.7. The molecule has 1 aromatic heterocycles. The molecule has 0 amide bonds. The van der Waals surface area contributed by atoms with Crippen LogP contribution in [-0.4, -0.2) is 59.8 Å². The maximum absolute atomic E-state index is 9.55. The van der Waals surface area contributed by atoms with Crippen LogP contribution in [-0.2, 0) is 12.0 Å². The zero-order valence-electron chi connectivity index (χ0n) is 16.7. The van der Waals surface area contributed by atoms with Crippen LogP contribution < -0.4 is 10.6 Å². The van der Waals surface area contributed by atoms with Gasteiger partial charge in [0.05, 0.1) is 12.3 Å². The Labute approximate surface area is 157 Å². The van der Waals surface area contributed by atoms with Crippen molar-refractivity contribution >= 4 is 5.96 Å². The van der Waals surface area contributed by atoms with Gasteiger partial charge in [0.2, 0.25) is 5.89 Å². The van der Waals surface area contributed by atoms with Crippen LogP contribution >= 0.6 is 0 Å². The summed E-state index contributed by atoms with van der Waals surface area (Å²) in [6.45, 7) is 13.5. The lowest BCUT2D eigenvalue weighted by molar-refractivity contribution is 0.0823. The number of oxazole rings is 1. The Hall–Kier alpha value is -1.60. The molecule has 1 aromatic rings. The normalized spacial score (nSPS) is 17.5. The van der Waals surface area contributed by atoms with Crippen LogP contribution in [0.25, 0.3) is 0 Å². The van der Waals surface area contributed by atoms with E-state index < -0.39 is 0 Å². The van der Waals surface area contributed by atoms with Gasteiger partial charge in [0.25, 0.3) is 0 Å². The standard InChI is InChI=1S/C19H35N5O2/c1-5-20-18(21-9-6-10-24-11-7-15(25)8-12-24)23-14-17-22-13-16(26-17)19(2,3)4/h13,15,25H,5-12,14H2,1-4H3,(H2,20,21,23).